The van der Waals surface area contributed by atoms with Crippen LogP contribution in [0.3, 0.4) is 0 Å². The number of amides is 2. The van der Waals surface area contributed by atoms with E-state index in [4.69, 9.17) is 9.47 Å². The summed E-state index contributed by atoms with van der Waals surface area (Å²) in [5, 5.41) is 5.37. The highest BCUT2D eigenvalue weighted by Crippen LogP contribution is 2.12. The summed E-state index contributed by atoms with van der Waals surface area (Å²) < 4.78 is 13.7. The number of methoxy groups -OCH3 is 2. The average molecular weight is 636 g/mol. The van der Waals surface area contributed by atoms with Crippen molar-refractivity contribution in [1.29, 1.82) is 0 Å². The number of aromatic nitrogens is 2. The number of nitrogens with one attached hydrogen (secondary N) is 3. The van der Waals surface area contributed by atoms with Crippen LogP contribution in [0.25, 0.3) is 5.69 Å². The van der Waals surface area contributed by atoms with E-state index >= 15 is 0 Å². The fourth-order valence-corrected chi connectivity index (χ4v) is 3.40. The SMILES string of the molecule is COC(CNC(=O)Nc1cccc(I)c1)OC.O=c1[nH]ccn1-c1cccc(I)c1. The third kappa shape index (κ3) is 8.08. The highest BCUT2D eigenvalue weighted by Gasteiger charge is 2.07. The standard InChI is InChI=1S/C11H15IN2O3.C9H7IN2O/c1-16-10(17-2)7-13-11(15)14-9-5-3-4-8(12)6-9;10-7-2-1-3-8(6-7)12-5-4-11-9(12)13/h3-6,10H,7H2,1-2H3,(H2,13,14,15);1-6H,(H,11,13). The fourth-order valence-electron chi connectivity index (χ4n) is 2.33. The monoisotopic (exact) mass is 636 g/mol. The predicted octanol–water partition coefficient (Wildman–Crippen LogP) is 3.80. The number of H-pyrrole nitrogens is 1. The van der Waals surface area contributed by atoms with E-state index in [2.05, 4.69) is 60.8 Å². The second-order valence-electron chi connectivity index (χ2n) is 5.86. The molecule has 3 aromatic rings. The van der Waals surface area contributed by atoms with Crippen LogP contribution >= 0.6 is 45.2 Å². The van der Waals surface area contributed by atoms with Crippen molar-refractivity contribution in [3.8, 4) is 5.69 Å². The lowest BCUT2D eigenvalue weighted by molar-refractivity contribution is -0.0970. The molecule has 0 aliphatic heterocycles. The van der Waals surface area contributed by atoms with Gasteiger partial charge < -0.3 is 25.1 Å². The van der Waals surface area contributed by atoms with Crippen molar-refractivity contribution in [1.82, 2.24) is 14.9 Å². The van der Waals surface area contributed by atoms with Crippen LogP contribution in [-0.2, 0) is 9.47 Å². The van der Waals surface area contributed by atoms with Gasteiger partial charge in [-0.15, -0.1) is 0 Å². The summed E-state index contributed by atoms with van der Waals surface area (Å²) in [6, 6.07) is 15.0. The summed E-state index contributed by atoms with van der Waals surface area (Å²) in [6.07, 6.45) is 2.91. The van der Waals surface area contributed by atoms with E-state index in [0.29, 0.717) is 6.54 Å². The van der Waals surface area contributed by atoms with Crippen molar-refractivity contribution in [2.75, 3.05) is 26.1 Å². The molecule has 0 bridgehead atoms. The molecule has 1 aromatic heterocycles. The molecule has 0 unspecified atom stereocenters. The smallest absolute Gasteiger partial charge is 0.330 e. The van der Waals surface area contributed by atoms with E-state index in [1.807, 2.05) is 48.5 Å². The van der Waals surface area contributed by atoms with Crippen LogP contribution in [-0.4, -0.2) is 42.6 Å². The van der Waals surface area contributed by atoms with Gasteiger partial charge in [0.15, 0.2) is 6.29 Å². The molecule has 0 saturated carbocycles. The Morgan fingerprint density at radius 3 is 2.33 bits per heavy atom. The highest BCUT2D eigenvalue weighted by molar-refractivity contribution is 14.1. The van der Waals surface area contributed by atoms with Crippen molar-refractivity contribution in [2.45, 2.75) is 6.29 Å². The molecule has 0 aliphatic carbocycles. The van der Waals surface area contributed by atoms with E-state index < -0.39 is 6.29 Å². The van der Waals surface area contributed by atoms with Gasteiger partial charge in [-0.2, -0.15) is 0 Å². The second-order valence-corrected chi connectivity index (χ2v) is 8.35. The van der Waals surface area contributed by atoms with Crippen LogP contribution in [0.15, 0.2) is 65.7 Å². The average Bonchev–Trinajstić information content (AvgIpc) is 3.15. The minimum atomic E-state index is -0.434. The van der Waals surface area contributed by atoms with Gasteiger partial charge in [0.2, 0.25) is 0 Å². The molecule has 3 rings (SSSR count). The lowest BCUT2D eigenvalue weighted by Gasteiger charge is -2.14. The Balaban J connectivity index is 0.000000220. The molecule has 2 amide bonds. The first kappa shape index (κ1) is 24.4. The van der Waals surface area contributed by atoms with Gasteiger partial charge in [0, 0.05) is 39.4 Å². The Morgan fingerprint density at radius 2 is 1.77 bits per heavy atom. The number of hydrogen-bond acceptors (Lipinski definition) is 4. The number of imidazole rings is 1. The van der Waals surface area contributed by atoms with E-state index in [0.717, 1.165) is 18.5 Å². The van der Waals surface area contributed by atoms with Gasteiger partial charge in [-0.05, 0) is 81.6 Å². The van der Waals surface area contributed by atoms with Gasteiger partial charge in [-0.3, -0.25) is 4.57 Å². The third-order valence-corrected chi connectivity index (χ3v) is 5.12. The van der Waals surface area contributed by atoms with Crippen LogP contribution in [0, 0.1) is 7.14 Å². The molecule has 0 spiro atoms. The highest BCUT2D eigenvalue weighted by atomic mass is 127. The number of rotatable bonds is 6. The van der Waals surface area contributed by atoms with Gasteiger partial charge in [0.25, 0.3) is 0 Å². The molecule has 3 N–H and O–H groups in total. The summed E-state index contributed by atoms with van der Waals surface area (Å²) in [6.45, 7) is 0.294. The molecule has 160 valence electrons. The zero-order chi connectivity index (χ0) is 21.9. The summed E-state index contributed by atoms with van der Waals surface area (Å²) in [5.74, 6) is 0. The maximum atomic E-state index is 11.5. The summed E-state index contributed by atoms with van der Waals surface area (Å²) in [7, 11) is 3.04. The van der Waals surface area contributed by atoms with Gasteiger partial charge in [0.1, 0.15) is 0 Å². The number of aromatic amines is 1. The zero-order valence-corrected chi connectivity index (χ0v) is 20.7. The number of nitrogens with zero attached hydrogens (tertiary/aromatic N) is 1. The molecular weight excluding hydrogens is 614 g/mol. The quantitative estimate of drug-likeness (QED) is 0.284. The fraction of sp³-hybridized carbons (Fsp3) is 0.200. The van der Waals surface area contributed by atoms with E-state index in [1.165, 1.54) is 14.2 Å². The van der Waals surface area contributed by atoms with Gasteiger partial charge in [0.05, 0.1) is 12.2 Å². The summed E-state index contributed by atoms with van der Waals surface area (Å²) >= 11 is 4.40. The summed E-state index contributed by atoms with van der Waals surface area (Å²) in [5.41, 5.74) is 1.53. The van der Waals surface area contributed by atoms with Crippen LogP contribution < -0.4 is 16.3 Å². The van der Waals surface area contributed by atoms with E-state index in [1.54, 1.807) is 17.0 Å². The molecule has 0 radical (unpaired) electrons. The zero-order valence-electron chi connectivity index (χ0n) is 16.4. The number of urea groups is 1. The number of anilines is 1. The number of benzene rings is 2. The molecule has 2 aromatic carbocycles. The van der Waals surface area contributed by atoms with Gasteiger partial charge >= 0.3 is 11.7 Å². The van der Waals surface area contributed by atoms with Crippen molar-refractivity contribution in [3.05, 3.63) is 78.5 Å². The number of hydrogen-bond donors (Lipinski definition) is 3. The molecule has 8 nitrogen and oxygen atoms in total. The Morgan fingerprint density at radius 1 is 1.10 bits per heavy atom. The normalized spacial score (nSPS) is 10.3. The van der Waals surface area contributed by atoms with Gasteiger partial charge in [-0.25, -0.2) is 9.59 Å². The van der Waals surface area contributed by atoms with Gasteiger partial charge in [-0.1, -0.05) is 12.1 Å². The minimum Gasteiger partial charge on any atom is -0.354 e. The van der Waals surface area contributed by atoms with Crippen molar-refractivity contribution >= 4 is 56.9 Å². The maximum Gasteiger partial charge on any atom is 0.330 e. The third-order valence-electron chi connectivity index (χ3n) is 3.77. The maximum absolute atomic E-state index is 11.5. The Bertz CT molecular complexity index is 1000. The molecule has 0 fully saturated rings. The minimum absolute atomic E-state index is 0.109. The number of ether oxygens (including phenoxy) is 2. The Kier molecular flexibility index (Phi) is 10.3. The van der Waals surface area contributed by atoms with E-state index in [-0.39, 0.29) is 11.7 Å². The molecule has 0 atom stereocenters. The second kappa shape index (κ2) is 12.7. The van der Waals surface area contributed by atoms with Crippen LogP contribution in [0.4, 0.5) is 10.5 Å². The lowest BCUT2D eigenvalue weighted by Crippen LogP contribution is -2.36. The van der Waals surface area contributed by atoms with E-state index in [9.17, 15) is 9.59 Å². The van der Waals surface area contributed by atoms with Crippen molar-refractivity contribution in [3.63, 3.8) is 0 Å². The first-order chi connectivity index (χ1) is 14.4. The molecule has 30 heavy (non-hydrogen) atoms. The van der Waals surface area contributed by atoms with Crippen molar-refractivity contribution in [2.24, 2.45) is 0 Å². The number of halogens is 2. The molecule has 0 aliphatic rings. The predicted molar refractivity (Wildman–Crippen MR) is 133 cm³/mol. The number of carbonyl (C=O) groups excluding carboxylic acids is 1. The Hall–Kier alpha value is -1.90. The molecule has 10 heteroatoms. The lowest BCUT2D eigenvalue weighted by atomic mass is 10.3. The van der Waals surface area contributed by atoms with Crippen molar-refractivity contribution < 1.29 is 14.3 Å². The molecule has 1 heterocycles. The number of carbonyl (C=O) groups is 1. The largest absolute Gasteiger partial charge is 0.354 e. The molecular formula is C20H22I2N4O4. The Labute approximate surface area is 201 Å². The first-order valence-electron chi connectivity index (χ1n) is 8.81. The topological polar surface area (TPSA) is 97.4 Å². The van der Waals surface area contributed by atoms with Crippen LogP contribution in [0.1, 0.15) is 0 Å². The summed E-state index contributed by atoms with van der Waals surface area (Å²) in [4.78, 5) is 25.4. The van der Waals surface area contributed by atoms with Crippen LogP contribution in [0.5, 0.6) is 0 Å². The first-order valence-corrected chi connectivity index (χ1v) is 11.0. The molecule has 0 saturated heterocycles. The van der Waals surface area contributed by atoms with Crippen LogP contribution in [0.2, 0.25) is 0 Å².